The van der Waals surface area contributed by atoms with E-state index in [0.29, 0.717) is 15.7 Å². The molecule has 12 heavy (non-hydrogen) atoms. The monoisotopic (exact) mass is 226 g/mol. The van der Waals surface area contributed by atoms with Gasteiger partial charge in [0.25, 0.3) is 5.56 Å². The number of rotatable bonds is 2. The molecular weight excluding hydrogens is 220 g/mol. The average Bonchev–Trinajstić information content (AvgIpc) is 2.03. The Balaban J connectivity index is 3.48. The highest BCUT2D eigenvalue weighted by atomic mass is 79.9. The van der Waals surface area contributed by atoms with Crippen LogP contribution in [0.2, 0.25) is 0 Å². The van der Waals surface area contributed by atoms with Crippen molar-refractivity contribution in [2.24, 2.45) is 0 Å². The first-order valence-electron chi connectivity index (χ1n) is 3.21. The molecule has 0 aliphatic carbocycles. The van der Waals surface area contributed by atoms with Crippen LogP contribution >= 0.6 is 15.9 Å². The predicted molar refractivity (Wildman–Crippen MR) is 52.9 cm³/mol. The van der Waals surface area contributed by atoms with E-state index >= 15 is 0 Å². The summed E-state index contributed by atoms with van der Waals surface area (Å²) in [4.78, 5) is 17.5. The van der Waals surface area contributed by atoms with Gasteiger partial charge in [0.2, 0.25) is 0 Å². The van der Waals surface area contributed by atoms with Gasteiger partial charge in [0.1, 0.15) is 0 Å². The molecule has 0 fully saturated rings. The smallest absolute Gasteiger partial charge is 0.258 e. The largest absolute Gasteiger partial charge is 0.313 e. The number of nitrogens with one attached hydrogen (secondary N) is 1. The van der Waals surface area contributed by atoms with Crippen molar-refractivity contribution in [1.82, 2.24) is 9.97 Å². The lowest BCUT2D eigenvalue weighted by Crippen LogP contribution is -2.12. The van der Waals surface area contributed by atoms with E-state index in [1.54, 1.807) is 0 Å². The first-order chi connectivity index (χ1) is 5.66. The molecule has 1 heterocycles. The maximum atomic E-state index is 11.1. The van der Waals surface area contributed by atoms with Crippen molar-refractivity contribution in [3.8, 4) is 0 Å². The number of H-pyrrole nitrogens is 1. The fourth-order valence-electron chi connectivity index (χ4n) is 0.816. The highest BCUT2D eigenvalue weighted by Gasteiger charge is 2.05. The molecule has 0 bridgehead atoms. The van der Waals surface area contributed by atoms with Gasteiger partial charge < -0.3 is 4.98 Å². The van der Waals surface area contributed by atoms with E-state index < -0.39 is 0 Å². The third-order valence-corrected chi connectivity index (χ3v) is 1.73. The van der Waals surface area contributed by atoms with Crippen LogP contribution in [0, 0.1) is 0 Å². The van der Waals surface area contributed by atoms with E-state index in [2.05, 4.69) is 39.1 Å². The standard InChI is InChI=1S/C8H7BrN2O/c1-3-6-7(5(2)9)10-4-11-8(6)12/h3-4H,1-2H2,(H,10,11,12). The van der Waals surface area contributed by atoms with Gasteiger partial charge in [0.05, 0.1) is 17.6 Å². The lowest BCUT2D eigenvalue weighted by Gasteiger charge is -1.99. The van der Waals surface area contributed by atoms with Gasteiger partial charge in [-0.25, -0.2) is 4.98 Å². The van der Waals surface area contributed by atoms with Gasteiger partial charge in [-0.15, -0.1) is 0 Å². The van der Waals surface area contributed by atoms with E-state index in [0.717, 1.165) is 0 Å². The summed E-state index contributed by atoms with van der Waals surface area (Å²) in [6, 6.07) is 0. The summed E-state index contributed by atoms with van der Waals surface area (Å²) in [7, 11) is 0. The summed E-state index contributed by atoms with van der Waals surface area (Å²) in [5.74, 6) is 0. The maximum absolute atomic E-state index is 11.1. The number of aromatic nitrogens is 2. The molecule has 3 nitrogen and oxygen atoms in total. The van der Waals surface area contributed by atoms with Crippen LogP contribution in [-0.2, 0) is 0 Å². The lowest BCUT2D eigenvalue weighted by molar-refractivity contribution is 1.09. The highest BCUT2D eigenvalue weighted by molar-refractivity contribution is 9.15. The number of nitrogens with zero attached hydrogens (tertiary/aromatic N) is 1. The molecule has 1 aromatic heterocycles. The summed E-state index contributed by atoms with van der Waals surface area (Å²) >= 11 is 3.15. The minimum absolute atomic E-state index is 0.212. The molecule has 0 saturated carbocycles. The van der Waals surface area contributed by atoms with Crippen LogP contribution in [0.4, 0.5) is 0 Å². The molecule has 0 spiro atoms. The van der Waals surface area contributed by atoms with Crippen molar-refractivity contribution < 1.29 is 0 Å². The molecule has 4 heteroatoms. The Labute approximate surface area is 78.0 Å². The van der Waals surface area contributed by atoms with Crippen molar-refractivity contribution in [2.75, 3.05) is 0 Å². The molecule has 1 N–H and O–H groups in total. The summed E-state index contributed by atoms with van der Waals surface area (Å²) < 4.78 is 0.573. The number of halogens is 1. The zero-order valence-electron chi connectivity index (χ0n) is 6.30. The molecule has 0 amide bonds. The van der Waals surface area contributed by atoms with Gasteiger partial charge in [-0.05, 0) is 15.9 Å². The van der Waals surface area contributed by atoms with Gasteiger partial charge in [0.15, 0.2) is 0 Å². The van der Waals surface area contributed by atoms with E-state index in [9.17, 15) is 4.79 Å². The van der Waals surface area contributed by atoms with Gasteiger partial charge in [-0.1, -0.05) is 19.2 Å². The van der Waals surface area contributed by atoms with Crippen molar-refractivity contribution in [3.05, 3.63) is 41.1 Å². The Morgan fingerprint density at radius 2 is 2.42 bits per heavy atom. The Morgan fingerprint density at radius 1 is 1.75 bits per heavy atom. The van der Waals surface area contributed by atoms with Crippen LogP contribution in [0.1, 0.15) is 11.3 Å². The van der Waals surface area contributed by atoms with E-state index in [1.807, 2.05) is 0 Å². The first kappa shape index (κ1) is 8.93. The third kappa shape index (κ3) is 1.53. The average molecular weight is 227 g/mol. The maximum Gasteiger partial charge on any atom is 0.258 e. The fourth-order valence-corrected chi connectivity index (χ4v) is 1.13. The second-order valence-corrected chi connectivity index (χ2v) is 3.06. The Hall–Kier alpha value is -1.16. The number of hydrogen-bond acceptors (Lipinski definition) is 2. The minimum Gasteiger partial charge on any atom is -0.313 e. The van der Waals surface area contributed by atoms with E-state index in [-0.39, 0.29) is 5.56 Å². The molecule has 0 aromatic carbocycles. The molecule has 0 aliphatic rings. The second kappa shape index (κ2) is 3.49. The van der Waals surface area contributed by atoms with Crippen LogP contribution in [0.3, 0.4) is 0 Å². The Morgan fingerprint density at radius 3 is 2.83 bits per heavy atom. The fraction of sp³-hybridized carbons (Fsp3) is 0. The van der Waals surface area contributed by atoms with Crippen LogP contribution in [0.15, 0.2) is 24.3 Å². The van der Waals surface area contributed by atoms with Crippen LogP contribution in [-0.4, -0.2) is 9.97 Å². The summed E-state index contributed by atoms with van der Waals surface area (Å²) in [6.45, 7) is 7.14. The topological polar surface area (TPSA) is 45.8 Å². The van der Waals surface area contributed by atoms with E-state index in [1.165, 1.54) is 12.4 Å². The van der Waals surface area contributed by atoms with E-state index in [4.69, 9.17) is 0 Å². The number of hydrogen-bond donors (Lipinski definition) is 1. The van der Waals surface area contributed by atoms with Crippen molar-refractivity contribution in [2.45, 2.75) is 0 Å². The molecule has 0 radical (unpaired) electrons. The van der Waals surface area contributed by atoms with Crippen LogP contribution < -0.4 is 5.56 Å². The van der Waals surface area contributed by atoms with Crippen LogP contribution in [0.5, 0.6) is 0 Å². The molecular formula is C8H7BrN2O. The van der Waals surface area contributed by atoms with Crippen LogP contribution in [0.25, 0.3) is 10.6 Å². The summed E-state index contributed by atoms with van der Waals surface area (Å²) in [5, 5.41) is 0. The second-order valence-electron chi connectivity index (χ2n) is 2.10. The summed E-state index contributed by atoms with van der Waals surface area (Å²) in [6.07, 6.45) is 2.78. The van der Waals surface area contributed by atoms with Crippen molar-refractivity contribution >= 4 is 26.5 Å². The highest BCUT2D eigenvalue weighted by Crippen LogP contribution is 2.17. The normalized spacial score (nSPS) is 9.42. The zero-order valence-corrected chi connectivity index (χ0v) is 7.89. The minimum atomic E-state index is -0.212. The van der Waals surface area contributed by atoms with Gasteiger partial charge >= 0.3 is 0 Å². The third-order valence-electron chi connectivity index (χ3n) is 1.35. The zero-order chi connectivity index (χ0) is 9.14. The first-order valence-corrected chi connectivity index (χ1v) is 4.01. The SMILES string of the molecule is C=Cc1c(C(=C)Br)nc[nH]c1=O. The van der Waals surface area contributed by atoms with Gasteiger partial charge in [-0.3, -0.25) is 4.79 Å². The molecule has 0 aliphatic heterocycles. The Kier molecular flexibility index (Phi) is 2.60. The molecule has 0 unspecified atom stereocenters. The van der Waals surface area contributed by atoms with Gasteiger partial charge in [0, 0.05) is 4.48 Å². The summed E-state index contributed by atoms with van der Waals surface area (Å²) in [5.41, 5.74) is 0.740. The van der Waals surface area contributed by atoms with Crippen molar-refractivity contribution in [1.29, 1.82) is 0 Å². The van der Waals surface area contributed by atoms with Gasteiger partial charge in [-0.2, -0.15) is 0 Å². The molecule has 0 atom stereocenters. The molecule has 62 valence electrons. The van der Waals surface area contributed by atoms with Crippen molar-refractivity contribution in [3.63, 3.8) is 0 Å². The molecule has 0 saturated heterocycles. The quantitative estimate of drug-likeness (QED) is 0.836. The molecule has 1 aromatic rings. The lowest BCUT2D eigenvalue weighted by atomic mass is 10.2. The predicted octanol–water partition coefficient (Wildman–Crippen LogP) is 1.78. The Bertz CT molecular complexity index is 381. The molecule has 1 rings (SSSR count). The number of aromatic amines is 1.